The second-order valence-electron chi connectivity index (χ2n) is 4.34. The van der Waals surface area contributed by atoms with Gasteiger partial charge in [0.2, 0.25) is 5.91 Å². The molecule has 1 aliphatic heterocycles. The van der Waals surface area contributed by atoms with Gasteiger partial charge in [0.1, 0.15) is 17.3 Å². The number of amides is 1. The third-order valence-corrected chi connectivity index (χ3v) is 2.91. The first-order valence-corrected chi connectivity index (χ1v) is 6.02. The van der Waals surface area contributed by atoms with E-state index in [2.05, 4.69) is 5.32 Å². The van der Waals surface area contributed by atoms with Crippen molar-refractivity contribution in [3.8, 4) is 0 Å². The average molecular weight is 255 g/mol. The molecule has 1 fully saturated rings. The van der Waals surface area contributed by atoms with Crippen molar-refractivity contribution < 1.29 is 18.3 Å². The quantitative estimate of drug-likeness (QED) is 0.901. The van der Waals surface area contributed by atoms with E-state index in [1.807, 2.05) is 0 Å². The van der Waals surface area contributed by atoms with E-state index in [9.17, 15) is 13.6 Å². The molecule has 5 heteroatoms. The number of hydrogen-bond donors (Lipinski definition) is 1. The standard InChI is InChI=1S/C13H15F2NO2/c14-10-5-3-6-11(15)13(10)16-12(17)8-9-4-1-2-7-18-9/h3,5-6,9H,1-2,4,7-8H2,(H,16,17). The van der Waals surface area contributed by atoms with Crippen molar-refractivity contribution in [1.82, 2.24) is 0 Å². The number of carbonyl (C=O) groups is 1. The van der Waals surface area contributed by atoms with Gasteiger partial charge in [-0.1, -0.05) is 6.07 Å². The first-order chi connectivity index (χ1) is 8.66. The van der Waals surface area contributed by atoms with Crippen molar-refractivity contribution >= 4 is 11.6 Å². The lowest BCUT2D eigenvalue weighted by molar-refractivity contribution is -0.119. The monoisotopic (exact) mass is 255 g/mol. The number of benzene rings is 1. The Bertz CT molecular complexity index is 411. The zero-order valence-electron chi connectivity index (χ0n) is 9.92. The molecule has 98 valence electrons. The predicted octanol–water partition coefficient (Wildman–Crippen LogP) is 2.86. The van der Waals surface area contributed by atoms with Crippen LogP contribution in [0.5, 0.6) is 0 Å². The largest absolute Gasteiger partial charge is 0.378 e. The van der Waals surface area contributed by atoms with Crippen LogP contribution in [0.4, 0.5) is 14.5 Å². The highest BCUT2D eigenvalue weighted by molar-refractivity contribution is 5.91. The SMILES string of the molecule is O=C(CC1CCCCO1)Nc1c(F)cccc1F. The topological polar surface area (TPSA) is 38.3 Å². The lowest BCUT2D eigenvalue weighted by Crippen LogP contribution is -2.26. The van der Waals surface area contributed by atoms with Crippen molar-refractivity contribution in [2.24, 2.45) is 0 Å². The average Bonchev–Trinajstić information content (AvgIpc) is 2.35. The van der Waals surface area contributed by atoms with Gasteiger partial charge in [-0.2, -0.15) is 0 Å². The van der Waals surface area contributed by atoms with Crippen LogP contribution in [0.2, 0.25) is 0 Å². The van der Waals surface area contributed by atoms with Gasteiger partial charge >= 0.3 is 0 Å². The summed E-state index contributed by atoms with van der Waals surface area (Å²) in [5.74, 6) is -1.97. The summed E-state index contributed by atoms with van der Waals surface area (Å²) in [6, 6.07) is 3.47. The fraction of sp³-hybridized carbons (Fsp3) is 0.462. The summed E-state index contributed by atoms with van der Waals surface area (Å²) >= 11 is 0. The molecule has 3 nitrogen and oxygen atoms in total. The normalized spacial score (nSPS) is 19.6. The molecule has 1 unspecified atom stereocenters. The number of hydrogen-bond acceptors (Lipinski definition) is 2. The molecule has 1 atom stereocenters. The van der Waals surface area contributed by atoms with Gasteiger partial charge in [0.05, 0.1) is 12.5 Å². The van der Waals surface area contributed by atoms with E-state index < -0.39 is 23.2 Å². The van der Waals surface area contributed by atoms with Crippen LogP contribution in [0.3, 0.4) is 0 Å². The van der Waals surface area contributed by atoms with Crippen LogP contribution in [0.15, 0.2) is 18.2 Å². The van der Waals surface area contributed by atoms with Gasteiger partial charge < -0.3 is 10.1 Å². The Labute approximate surface area is 104 Å². The maximum absolute atomic E-state index is 13.3. The first-order valence-electron chi connectivity index (χ1n) is 6.02. The maximum atomic E-state index is 13.3. The van der Waals surface area contributed by atoms with Crippen molar-refractivity contribution in [2.75, 3.05) is 11.9 Å². The lowest BCUT2D eigenvalue weighted by Gasteiger charge is -2.22. The summed E-state index contributed by atoms with van der Waals surface area (Å²) < 4.78 is 32.0. The van der Waals surface area contributed by atoms with E-state index in [4.69, 9.17) is 4.74 Å². The van der Waals surface area contributed by atoms with Crippen molar-refractivity contribution in [2.45, 2.75) is 31.8 Å². The Kier molecular flexibility index (Phi) is 4.25. The molecule has 1 heterocycles. The molecule has 0 saturated carbocycles. The molecule has 1 amide bonds. The molecule has 2 rings (SSSR count). The van der Waals surface area contributed by atoms with E-state index in [1.165, 1.54) is 6.07 Å². The summed E-state index contributed by atoms with van der Waals surface area (Å²) in [5, 5.41) is 2.26. The molecule has 1 aromatic rings. The number of para-hydroxylation sites is 1. The molecular formula is C13H15F2NO2. The fourth-order valence-corrected chi connectivity index (χ4v) is 1.98. The van der Waals surface area contributed by atoms with Crippen LogP contribution >= 0.6 is 0 Å². The highest BCUT2D eigenvalue weighted by atomic mass is 19.1. The summed E-state index contributed by atoms with van der Waals surface area (Å²) in [6.07, 6.45) is 2.82. The third-order valence-electron chi connectivity index (χ3n) is 2.91. The zero-order valence-corrected chi connectivity index (χ0v) is 9.92. The molecule has 18 heavy (non-hydrogen) atoms. The van der Waals surface area contributed by atoms with Gasteiger partial charge in [-0.3, -0.25) is 4.79 Å². The smallest absolute Gasteiger partial charge is 0.227 e. The fourth-order valence-electron chi connectivity index (χ4n) is 1.98. The summed E-state index contributed by atoms with van der Waals surface area (Å²) in [4.78, 5) is 11.7. The molecule has 0 radical (unpaired) electrons. The van der Waals surface area contributed by atoms with Crippen molar-refractivity contribution in [3.05, 3.63) is 29.8 Å². The van der Waals surface area contributed by atoms with E-state index in [1.54, 1.807) is 0 Å². The molecule has 1 saturated heterocycles. The van der Waals surface area contributed by atoms with Gasteiger partial charge in [-0.15, -0.1) is 0 Å². The predicted molar refractivity (Wildman–Crippen MR) is 63.2 cm³/mol. The molecule has 0 aromatic heterocycles. The minimum Gasteiger partial charge on any atom is -0.378 e. The summed E-state index contributed by atoms with van der Waals surface area (Å²) in [5.41, 5.74) is -0.390. The number of ether oxygens (including phenoxy) is 1. The molecule has 0 aliphatic carbocycles. The third kappa shape index (κ3) is 3.26. The van der Waals surface area contributed by atoms with Gasteiger partial charge in [-0.05, 0) is 31.4 Å². The van der Waals surface area contributed by atoms with Crippen LogP contribution in [0.25, 0.3) is 0 Å². The molecule has 0 spiro atoms. The summed E-state index contributed by atoms with van der Waals surface area (Å²) in [6.45, 7) is 0.645. The van der Waals surface area contributed by atoms with Crippen LogP contribution in [-0.4, -0.2) is 18.6 Å². The Morgan fingerprint density at radius 3 is 2.67 bits per heavy atom. The van der Waals surface area contributed by atoms with Crippen LogP contribution in [-0.2, 0) is 9.53 Å². The van der Waals surface area contributed by atoms with Crippen LogP contribution in [0, 0.1) is 11.6 Å². The molecule has 1 aromatic carbocycles. The molecular weight excluding hydrogens is 240 g/mol. The second kappa shape index (κ2) is 5.91. The number of halogens is 2. The minimum absolute atomic E-state index is 0.133. The van der Waals surface area contributed by atoms with Gasteiger partial charge in [0, 0.05) is 6.61 Å². The van der Waals surface area contributed by atoms with E-state index >= 15 is 0 Å². The van der Waals surface area contributed by atoms with Crippen LogP contribution in [0.1, 0.15) is 25.7 Å². The molecule has 0 bridgehead atoms. The number of carbonyl (C=O) groups excluding carboxylic acids is 1. The van der Waals surface area contributed by atoms with E-state index in [0.717, 1.165) is 31.4 Å². The van der Waals surface area contributed by atoms with E-state index in [0.29, 0.717) is 6.61 Å². The highest BCUT2D eigenvalue weighted by Crippen LogP contribution is 2.20. The maximum Gasteiger partial charge on any atom is 0.227 e. The Morgan fingerprint density at radius 1 is 1.33 bits per heavy atom. The zero-order chi connectivity index (χ0) is 13.0. The van der Waals surface area contributed by atoms with E-state index in [-0.39, 0.29) is 12.5 Å². The Hall–Kier alpha value is -1.49. The molecule has 1 N–H and O–H groups in total. The number of nitrogens with one attached hydrogen (secondary N) is 1. The minimum atomic E-state index is -0.770. The van der Waals surface area contributed by atoms with Gasteiger partial charge in [0.15, 0.2) is 0 Å². The first kappa shape index (κ1) is 13.0. The number of rotatable bonds is 3. The number of anilines is 1. The second-order valence-corrected chi connectivity index (χ2v) is 4.34. The van der Waals surface area contributed by atoms with Crippen LogP contribution < -0.4 is 5.32 Å². The lowest BCUT2D eigenvalue weighted by atomic mass is 10.1. The molecule has 1 aliphatic rings. The Morgan fingerprint density at radius 2 is 2.06 bits per heavy atom. The Balaban J connectivity index is 1.94. The summed E-state index contributed by atoms with van der Waals surface area (Å²) in [7, 11) is 0. The van der Waals surface area contributed by atoms with Crippen molar-refractivity contribution in [1.29, 1.82) is 0 Å². The highest BCUT2D eigenvalue weighted by Gasteiger charge is 2.19. The van der Waals surface area contributed by atoms with Gasteiger partial charge in [0.25, 0.3) is 0 Å². The van der Waals surface area contributed by atoms with Crippen molar-refractivity contribution in [3.63, 3.8) is 0 Å². The van der Waals surface area contributed by atoms with Gasteiger partial charge in [-0.25, -0.2) is 8.78 Å².